The van der Waals surface area contributed by atoms with Crippen LogP contribution in [-0.2, 0) is 5.75 Å². The van der Waals surface area contributed by atoms with Gasteiger partial charge < -0.3 is 4.98 Å². The highest BCUT2D eigenvalue weighted by Crippen LogP contribution is 2.36. The quantitative estimate of drug-likeness (QED) is 0.723. The molecular weight excluding hydrogens is 318 g/mol. The van der Waals surface area contributed by atoms with Gasteiger partial charge in [0.05, 0.1) is 9.73 Å². The highest BCUT2D eigenvalue weighted by atomic mass is 32.2. The van der Waals surface area contributed by atoms with Gasteiger partial charge in [0.1, 0.15) is 16.3 Å². The average molecular weight is 329 g/mol. The van der Waals surface area contributed by atoms with Crippen molar-refractivity contribution < 1.29 is 0 Å². The van der Waals surface area contributed by atoms with Gasteiger partial charge in [0.2, 0.25) is 0 Å². The number of H-pyrrole nitrogens is 2. The minimum absolute atomic E-state index is 0.327. The number of nitrogens with one attached hydrogen (secondary N) is 2. The number of nitriles is 1. The van der Waals surface area contributed by atoms with Crippen molar-refractivity contribution in [1.82, 2.24) is 9.97 Å². The standard InChI is InChI=1S/C15H11N3O2S2/c1-8-4-2-3-5-9(8)7-21-14-10(6-16)11-12(22-14)13(19)18-15(20)17-11/h2-5H,7H2,1H3,(H2,17,18,19,20). The van der Waals surface area contributed by atoms with Crippen molar-refractivity contribution >= 4 is 33.3 Å². The highest BCUT2D eigenvalue weighted by Gasteiger charge is 2.16. The fourth-order valence-electron chi connectivity index (χ4n) is 2.11. The van der Waals surface area contributed by atoms with Crippen LogP contribution in [0.5, 0.6) is 0 Å². The molecule has 0 unspecified atom stereocenters. The van der Waals surface area contributed by atoms with Crippen LogP contribution in [0.3, 0.4) is 0 Å². The number of nitrogens with zero attached hydrogens (tertiary/aromatic N) is 1. The lowest BCUT2D eigenvalue weighted by molar-refractivity contribution is 1.08. The van der Waals surface area contributed by atoms with Gasteiger partial charge in [-0.15, -0.1) is 23.1 Å². The molecule has 3 rings (SSSR count). The Morgan fingerprint density at radius 2 is 2.05 bits per heavy atom. The number of thiophene rings is 1. The minimum atomic E-state index is -0.595. The number of hydrogen-bond donors (Lipinski definition) is 2. The van der Waals surface area contributed by atoms with Gasteiger partial charge in [-0.3, -0.25) is 9.78 Å². The number of aromatic amines is 2. The van der Waals surface area contributed by atoms with Gasteiger partial charge in [-0.1, -0.05) is 24.3 Å². The van der Waals surface area contributed by atoms with E-state index in [1.165, 1.54) is 34.2 Å². The summed E-state index contributed by atoms with van der Waals surface area (Å²) in [4.78, 5) is 27.9. The number of fused-ring (bicyclic) bond motifs is 1. The van der Waals surface area contributed by atoms with Crippen LogP contribution in [0.4, 0.5) is 0 Å². The highest BCUT2D eigenvalue weighted by molar-refractivity contribution is 8.00. The lowest BCUT2D eigenvalue weighted by Gasteiger charge is -2.03. The third-order valence-corrected chi connectivity index (χ3v) is 5.79. The number of aromatic nitrogens is 2. The molecule has 110 valence electrons. The zero-order valence-electron chi connectivity index (χ0n) is 11.6. The number of aryl methyl sites for hydroxylation is 1. The summed E-state index contributed by atoms with van der Waals surface area (Å²) in [6, 6.07) is 10.1. The van der Waals surface area contributed by atoms with Crippen molar-refractivity contribution in [1.29, 1.82) is 5.26 Å². The van der Waals surface area contributed by atoms with E-state index < -0.39 is 11.2 Å². The van der Waals surface area contributed by atoms with Crippen molar-refractivity contribution in [3.63, 3.8) is 0 Å². The second-order valence-corrected chi connectivity index (χ2v) is 6.97. The summed E-state index contributed by atoms with van der Waals surface area (Å²) >= 11 is 2.74. The van der Waals surface area contributed by atoms with Gasteiger partial charge in [0.15, 0.2) is 0 Å². The van der Waals surface area contributed by atoms with Crippen LogP contribution in [0.1, 0.15) is 16.7 Å². The Labute approximate surface area is 133 Å². The predicted octanol–water partition coefficient (Wildman–Crippen LogP) is 2.75. The fourth-order valence-corrected chi connectivity index (χ4v) is 4.51. The Balaban J connectivity index is 2.03. The normalized spacial score (nSPS) is 10.7. The first kappa shape index (κ1) is 14.6. The summed E-state index contributed by atoms with van der Waals surface area (Å²) in [5.41, 5.74) is 2.00. The zero-order chi connectivity index (χ0) is 15.7. The number of hydrogen-bond acceptors (Lipinski definition) is 5. The molecular formula is C15H11N3O2S2. The van der Waals surface area contributed by atoms with Gasteiger partial charge in [0.25, 0.3) is 5.56 Å². The molecule has 0 aliphatic rings. The third kappa shape index (κ3) is 2.58. The monoisotopic (exact) mass is 329 g/mol. The van der Waals surface area contributed by atoms with Gasteiger partial charge in [-0.05, 0) is 18.1 Å². The maximum Gasteiger partial charge on any atom is 0.326 e. The summed E-state index contributed by atoms with van der Waals surface area (Å²) in [6.45, 7) is 2.04. The van der Waals surface area contributed by atoms with E-state index in [9.17, 15) is 14.9 Å². The molecule has 0 aliphatic carbocycles. The zero-order valence-corrected chi connectivity index (χ0v) is 13.2. The van der Waals surface area contributed by atoms with E-state index in [2.05, 4.69) is 16.0 Å². The molecule has 0 spiro atoms. The molecule has 0 radical (unpaired) electrons. The Hall–Kier alpha value is -2.30. The molecule has 2 N–H and O–H groups in total. The van der Waals surface area contributed by atoms with E-state index >= 15 is 0 Å². The second kappa shape index (κ2) is 5.83. The molecule has 0 saturated carbocycles. The first-order valence-corrected chi connectivity index (χ1v) is 8.27. The molecule has 0 saturated heterocycles. The number of thioether (sulfide) groups is 1. The first-order valence-electron chi connectivity index (χ1n) is 6.46. The van der Waals surface area contributed by atoms with Gasteiger partial charge in [-0.25, -0.2) is 4.79 Å². The molecule has 0 aliphatic heterocycles. The number of benzene rings is 1. The van der Waals surface area contributed by atoms with Gasteiger partial charge in [-0.2, -0.15) is 5.26 Å². The van der Waals surface area contributed by atoms with E-state index in [-0.39, 0.29) is 0 Å². The van der Waals surface area contributed by atoms with Crippen molar-refractivity contribution in [3.05, 3.63) is 61.8 Å². The van der Waals surface area contributed by atoms with Crippen LogP contribution >= 0.6 is 23.1 Å². The van der Waals surface area contributed by atoms with E-state index in [0.29, 0.717) is 21.5 Å². The predicted molar refractivity (Wildman–Crippen MR) is 88.5 cm³/mol. The van der Waals surface area contributed by atoms with Crippen LogP contribution in [0.2, 0.25) is 0 Å². The summed E-state index contributed by atoms with van der Waals surface area (Å²) in [7, 11) is 0. The fraction of sp³-hybridized carbons (Fsp3) is 0.133. The smallest absolute Gasteiger partial charge is 0.305 e. The summed E-state index contributed by atoms with van der Waals surface area (Å²) in [5.74, 6) is 0.705. The van der Waals surface area contributed by atoms with Crippen LogP contribution in [0, 0.1) is 18.3 Å². The van der Waals surface area contributed by atoms with Crippen molar-refractivity contribution in [2.24, 2.45) is 0 Å². The van der Waals surface area contributed by atoms with Crippen molar-refractivity contribution in [3.8, 4) is 6.07 Å². The van der Waals surface area contributed by atoms with E-state index in [1.807, 2.05) is 31.2 Å². The molecule has 3 aromatic rings. The Kier molecular flexibility index (Phi) is 3.88. The van der Waals surface area contributed by atoms with E-state index in [4.69, 9.17) is 0 Å². The van der Waals surface area contributed by atoms with E-state index in [0.717, 1.165) is 4.21 Å². The molecule has 2 heterocycles. The molecule has 2 aromatic heterocycles. The second-order valence-electron chi connectivity index (χ2n) is 4.70. The largest absolute Gasteiger partial charge is 0.326 e. The lowest BCUT2D eigenvalue weighted by atomic mass is 10.1. The molecule has 1 aromatic carbocycles. The summed E-state index contributed by atoms with van der Waals surface area (Å²) in [6.07, 6.45) is 0. The van der Waals surface area contributed by atoms with Gasteiger partial charge >= 0.3 is 5.69 Å². The van der Waals surface area contributed by atoms with E-state index in [1.54, 1.807) is 0 Å². The van der Waals surface area contributed by atoms with Crippen LogP contribution in [0.15, 0.2) is 38.1 Å². The Morgan fingerprint density at radius 1 is 1.27 bits per heavy atom. The molecule has 22 heavy (non-hydrogen) atoms. The first-order chi connectivity index (χ1) is 10.6. The summed E-state index contributed by atoms with van der Waals surface area (Å²) in [5, 5.41) is 9.35. The summed E-state index contributed by atoms with van der Waals surface area (Å²) < 4.78 is 1.12. The van der Waals surface area contributed by atoms with Crippen LogP contribution in [0.25, 0.3) is 10.2 Å². The van der Waals surface area contributed by atoms with Crippen LogP contribution in [-0.4, -0.2) is 9.97 Å². The molecule has 0 fully saturated rings. The third-order valence-electron chi connectivity index (χ3n) is 3.28. The molecule has 0 amide bonds. The minimum Gasteiger partial charge on any atom is -0.305 e. The number of rotatable bonds is 3. The Morgan fingerprint density at radius 3 is 2.77 bits per heavy atom. The van der Waals surface area contributed by atoms with Crippen molar-refractivity contribution in [2.45, 2.75) is 16.9 Å². The lowest BCUT2D eigenvalue weighted by Crippen LogP contribution is -2.20. The molecule has 5 nitrogen and oxygen atoms in total. The Bertz CT molecular complexity index is 1010. The topological polar surface area (TPSA) is 89.5 Å². The maximum atomic E-state index is 11.8. The van der Waals surface area contributed by atoms with Crippen LogP contribution < -0.4 is 11.2 Å². The molecule has 0 atom stereocenters. The maximum absolute atomic E-state index is 11.8. The average Bonchev–Trinajstić information content (AvgIpc) is 2.84. The van der Waals surface area contributed by atoms with Crippen molar-refractivity contribution in [2.75, 3.05) is 0 Å². The molecule has 0 bridgehead atoms. The molecule has 7 heteroatoms. The van der Waals surface area contributed by atoms with Gasteiger partial charge in [0, 0.05) is 5.75 Å². The SMILES string of the molecule is Cc1ccccc1CSc1sc2c(=O)[nH]c(=O)[nH]c2c1C#N.